The van der Waals surface area contributed by atoms with Gasteiger partial charge in [-0.25, -0.2) is 23.9 Å². The molecule has 0 bridgehead atoms. The van der Waals surface area contributed by atoms with Crippen molar-refractivity contribution in [2.75, 3.05) is 20.0 Å². The van der Waals surface area contributed by atoms with Gasteiger partial charge in [0, 0.05) is 11.1 Å². The fourth-order valence-electron chi connectivity index (χ4n) is 4.70. The summed E-state index contributed by atoms with van der Waals surface area (Å²) in [5, 5.41) is 2.88. The summed E-state index contributed by atoms with van der Waals surface area (Å²) in [6.07, 6.45) is 0.359. The van der Waals surface area contributed by atoms with E-state index < -0.39 is 23.5 Å². The first kappa shape index (κ1) is 29.2. The zero-order valence-corrected chi connectivity index (χ0v) is 24.3. The molecule has 3 aromatic heterocycles. The zero-order valence-electron chi connectivity index (χ0n) is 24.3. The van der Waals surface area contributed by atoms with E-state index in [9.17, 15) is 14.0 Å². The molecule has 0 aliphatic rings. The number of fused-ring (bicyclic) bond motifs is 1. The topological polar surface area (TPSA) is 143 Å². The maximum atomic E-state index is 14.7. The molecule has 4 rings (SSSR count). The Balaban J connectivity index is 2.04. The number of methoxy groups -OCH3 is 2. The van der Waals surface area contributed by atoms with Gasteiger partial charge in [-0.05, 0) is 59.2 Å². The fraction of sp³-hybridized carbons (Fsp3) is 0.345. The number of pyridine rings is 1. The van der Waals surface area contributed by atoms with E-state index in [-0.39, 0.29) is 40.3 Å². The molecular formula is C29H33FN6O5. The molecule has 1 aromatic carbocycles. The predicted octanol–water partition coefficient (Wildman–Crippen LogP) is 4.95. The molecule has 0 unspecified atom stereocenters. The van der Waals surface area contributed by atoms with E-state index in [0.717, 1.165) is 17.3 Å². The highest BCUT2D eigenvalue weighted by Gasteiger charge is 2.30. The average molecular weight is 565 g/mol. The van der Waals surface area contributed by atoms with Crippen LogP contribution in [-0.4, -0.2) is 51.4 Å². The van der Waals surface area contributed by atoms with Crippen LogP contribution in [0.3, 0.4) is 0 Å². The number of esters is 1. The van der Waals surface area contributed by atoms with E-state index in [1.807, 2.05) is 26.0 Å². The Morgan fingerprint density at radius 3 is 2.46 bits per heavy atom. The van der Waals surface area contributed by atoms with Crippen LogP contribution >= 0.6 is 0 Å². The number of benzene rings is 1. The van der Waals surface area contributed by atoms with Gasteiger partial charge in [0.25, 0.3) is 0 Å². The summed E-state index contributed by atoms with van der Waals surface area (Å²) in [6, 6.07) is 4.94. The van der Waals surface area contributed by atoms with Crippen molar-refractivity contribution in [3.8, 4) is 22.7 Å². The second kappa shape index (κ2) is 11.0. The lowest BCUT2D eigenvalue weighted by Gasteiger charge is -2.20. The number of anilines is 1. The van der Waals surface area contributed by atoms with Crippen LogP contribution in [0.1, 0.15) is 53.8 Å². The minimum Gasteiger partial charge on any atom is -0.496 e. The molecular weight excluding hydrogens is 531 g/mol. The van der Waals surface area contributed by atoms with Crippen molar-refractivity contribution in [1.82, 2.24) is 24.8 Å². The van der Waals surface area contributed by atoms with Crippen LogP contribution in [0.2, 0.25) is 0 Å². The van der Waals surface area contributed by atoms with Crippen LogP contribution in [0.5, 0.6) is 5.75 Å². The number of hydrogen-bond donors (Lipinski definition) is 2. The van der Waals surface area contributed by atoms with Crippen molar-refractivity contribution in [2.45, 2.75) is 53.7 Å². The number of nitrogens with one attached hydrogen (secondary N) is 1. The number of nitrogens with two attached hydrogens (primary N) is 1. The second-order valence-electron chi connectivity index (χ2n) is 10.5. The van der Waals surface area contributed by atoms with Gasteiger partial charge in [-0.1, -0.05) is 6.07 Å². The number of rotatable bonds is 6. The Hall–Kier alpha value is -4.74. The lowest BCUT2D eigenvalue weighted by atomic mass is 10.0. The summed E-state index contributed by atoms with van der Waals surface area (Å²) >= 11 is 0. The number of carbonyl (C=O) groups excluding carboxylic acids is 2. The fourth-order valence-corrected chi connectivity index (χ4v) is 4.70. The third-order valence-electron chi connectivity index (χ3n) is 6.37. The molecule has 216 valence electrons. The van der Waals surface area contributed by atoms with E-state index >= 15 is 0 Å². The highest BCUT2D eigenvalue weighted by molar-refractivity contribution is 6.13. The van der Waals surface area contributed by atoms with Crippen LogP contribution < -0.4 is 15.8 Å². The summed E-state index contributed by atoms with van der Waals surface area (Å²) in [6.45, 7) is 10.6. The highest BCUT2D eigenvalue weighted by Crippen LogP contribution is 2.40. The van der Waals surface area contributed by atoms with Gasteiger partial charge in [0.1, 0.15) is 34.4 Å². The van der Waals surface area contributed by atoms with Gasteiger partial charge in [-0.15, -0.1) is 0 Å². The lowest BCUT2D eigenvalue weighted by Crippen LogP contribution is -2.32. The van der Waals surface area contributed by atoms with Crippen molar-refractivity contribution in [3.05, 3.63) is 58.4 Å². The SMILES string of the molecule is COC(=O)c1c(N)n(-c2c(C)ccc(OC)c2C)c2nc(C)nc(-c3cc(F)cnc3CNC(=O)OC(C)(C)C)c12. The van der Waals surface area contributed by atoms with Crippen molar-refractivity contribution in [2.24, 2.45) is 0 Å². The summed E-state index contributed by atoms with van der Waals surface area (Å²) in [7, 11) is 2.80. The Kier molecular flexibility index (Phi) is 7.87. The van der Waals surface area contributed by atoms with Crippen molar-refractivity contribution < 1.29 is 28.2 Å². The number of nitrogen functional groups attached to an aromatic ring is 1. The minimum absolute atomic E-state index is 0.00873. The van der Waals surface area contributed by atoms with Gasteiger partial charge >= 0.3 is 12.1 Å². The first-order chi connectivity index (χ1) is 19.3. The molecule has 0 saturated heterocycles. The average Bonchev–Trinajstić information content (AvgIpc) is 3.17. The zero-order chi connectivity index (χ0) is 30.2. The first-order valence-electron chi connectivity index (χ1n) is 12.8. The van der Waals surface area contributed by atoms with Gasteiger partial charge in [0.05, 0.1) is 49.4 Å². The number of nitrogens with zero attached hydrogens (tertiary/aromatic N) is 4. The molecule has 0 fully saturated rings. The third kappa shape index (κ3) is 5.63. The van der Waals surface area contributed by atoms with Crippen molar-refractivity contribution >= 4 is 28.9 Å². The highest BCUT2D eigenvalue weighted by atomic mass is 19.1. The van der Waals surface area contributed by atoms with Crippen LogP contribution in [0.25, 0.3) is 28.0 Å². The molecule has 0 aliphatic heterocycles. The van der Waals surface area contributed by atoms with Gasteiger partial charge in [-0.3, -0.25) is 9.55 Å². The molecule has 1 amide bonds. The minimum atomic E-state index is -0.726. The first-order valence-corrected chi connectivity index (χ1v) is 12.8. The van der Waals surface area contributed by atoms with E-state index in [1.165, 1.54) is 13.2 Å². The summed E-state index contributed by atoms with van der Waals surface area (Å²) in [4.78, 5) is 39.0. The molecule has 3 heterocycles. The summed E-state index contributed by atoms with van der Waals surface area (Å²) < 4.78 is 32.3. The monoisotopic (exact) mass is 564 g/mol. The standard InChI is InChI=1S/C29H33FN6O5/c1-14-9-10-20(39-7)15(2)24(14)36-25(31)22(27(37)40-8)21-23(34-16(3)35-26(21)36)18-11-17(30)12-32-19(18)13-33-28(38)41-29(4,5)6/h9-12H,13,31H2,1-8H3,(H,33,38). The molecule has 11 nitrogen and oxygen atoms in total. The quantitative estimate of drug-likeness (QED) is 0.311. The number of carbonyl (C=O) groups is 2. The summed E-state index contributed by atoms with van der Waals surface area (Å²) in [5.41, 5.74) is 9.25. The van der Waals surface area contributed by atoms with Crippen molar-refractivity contribution in [1.29, 1.82) is 0 Å². The number of aryl methyl sites for hydroxylation is 2. The van der Waals surface area contributed by atoms with E-state index in [0.29, 0.717) is 22.9 Å². The van der Waals surface area contributed by atoms with Gasteiger partial charge in [0.15, 0.2) is 5.65 Å². The van der Waals surface area contributed by atoms with Gasteiger partial charge in [-0.2, -0.15) is 0 Å². The molecule has 0 atom stereocenters. The number of aromatic nitrogens is 4. The Morgan fingerprint density at radius 2 is 1.83 bits per heavy atom. The Labute approximate surface area is 236 Å². The number of hydrogen-bond acceptors (Lipinski definition) is 9. The molecule has 4 aromatic rings. The molecule has 3 N–H and O–H groups in total. The number of halogens is 1. The molecule has 0 spiro atoms. The van der Waals surface area contributed by atoms with E-state index in [1.54, 1.807) is 39.4 Å². The third-order valence-corrected chi connectivity index (χ3v) is 6.37. The predicted molar refractivity (Wildman–Crippen MR) is 152 cm³/mol. The second-order valence-corrected chi connectivity index (χ2v) is 10.5. The number of alkyl carbamates (subject to hydrolysis) is 1. The maximum absolute atomic E-state index is 14.7. The van der Waals surface area contributed by atoms with Crippen LogP contribution in [0, 0.1) is 26.6 Å². The van der Waals surface area contributed by atoms with Crippen molar-refractivity contribution in [3.63, 3.8) is 0 Å². The molecule has 0 saturated carbocycles. The normalized spacial score (nSPS) is 11.4. The van der Waals surface area contributed by atoms with Gasteiger partial charge in [0.2, 0.25) is 0 Å². The Bertz CT molecular complexity index is 1680. The molecule has 0 aliphatic carbocycles. The molecule has 0 radical (unpaired) electrons. The van der Waals surface area contributed by atoms with Crippen LogP contribution in [0.4, 0.5) is 15.0 Å². The Morgan fingerprint density at radius 1 is 1.12 bits per heavy atom. The number of amides is 1. The number of ether oxygens (including phenoxy) is 3. The summed E-state index contributed by atoms with van der Waals surface area (Å²) in [5.74, 6) is -0.364. The molecule has 12 heteroatoms. The van der Waals surface area contributed by atoms with Gasteiger partial charge < -0.3 is 25.3 Å². The van der Waals surface area contributed by atoms with Crippen LogP contribution in [-0.2, 0) is 16.0 Å². The van der Waals surface area contributed by atoms with E-state index in [2.05, 4.69) is 20.3 Å². The largest absolute Gasteiger partial charge is 0.496 e. The lowest BCUT2D eigenvalue weighted by molar-refractivity contribution is 0.0522. The smallest absolute Gasteiger partial charge is 0.407 e. The molecule has 41 heavy (non-hydrogen) atoms. The maximum Gasteiger partial charge on any atom is 0.407 e. The van der Waals surface area contributed by atoms with E-state index in [4.69, 9.17) is 19.9 Å². The van der Waals surface area contributed by atoms with Crippen LogP contribution in [0.15, 0.2) is 24.4 Å².